The second kappa shape index (κ2) is 10.7. The predicted octanol–water partition coefficient (Wildman–Crippen LogP) is 4.03. The molecule has 0 unspecified atom stereocenters. The Bertz CT molecular complexity index is 1340. The molecule has 2 amide bonds. The molecule has 2 heterocycles. The highest BCUT2D eigenvalue weighted by molar-refractivity contribution is 5.99. The van der Waals surface area contributed by atoms with Crippen molar-refractivity contribution >= 4 is 23.2 Å². The average Bonchev–Trinajstić information content (AvgIpc) is 3.34. The predicted molar refractivity (Wildman–Crippen MR) is 125 cm³/mol. The molecule has 2 aromatic carbocycles. The maximum Gasteiger partial charge on any atom is 0.418 e. The van der Waals surface area contributed by atoms with Crippen molar-refractivity contribution in [3.8, 4) is 0 Å². The number of hydrogen-bond donors (Lipinski definition) is 3. The molecule has 0 spiro atoms. The summed E-state index contributed by atoms with van der Waals surface area (Å²) >= 11 is 0. The van der Waals surface area contributed by atoms with Gasteiger partial charge in [-0.25, -0.2) is 18.7 Å². The van der Waals surface area contributed by atoms with Crippen molar-refractivity contribution in [1.82, 2.24) is 20.6 Å². The van der Waals surface area contributed by atoms with Gasteiger partial charge in [-0.1, -0.05) is 12.1 Å². The molecule has 0 saturated carbocycles. The SMILES string of the molecule is Cc1ncc(C(=O)N[C@@]2(C(=O)NCc3ccc(Nc4c(F)cccc4C(F)(F)F)cc3F)CCOC2)cn1. The summed E-state index contributed by atoms with van der Waals surface area (Å²) in [6, 6.07) is 5.87. The molecule has 1 aliphatic heterocycles. The summed E-state index contributed by atoms with van der Waals surface area (Å²) in [5.41, 5.74) is -3.44. The number of benzene rings is 2. The maximum atomic E-state index is 14.8. The number of halogens is 5. The number of nitrogens with one attached hydrogen (secondary N) is 3. The Morgan fingerprint density at radius 1 is 1.08 bits per heavy atom. The van der Waals surface area contributed by atoms with Gasteiger partial charge >= 0.3 is 6.18 Å². The number of nitrogens with zero attached hydrogens (tertiary/aromatic N) is 2. The number of rotatable bonds is 7. The first kappa shape index (κ1) is 26.9. The summed E-state index contributed by atoms with van der Waals surface area (Å²) in [6.07, 6.45) is -2.01. The van der Waals surface area contributed by atoms with E-state index in [0.29, 0.717) is 11.9 Å². The van der Waals surface area contributed by atoms with E-state index in [9.17, 15) is 31.5 Å². The van der Waals surface area contributed by atoms with Crippen LogP contribution in [0.1, 0.15) is 33.7 Å². The van der Waals surface area contributed by atoms with Gasteiger partial charge in [0.1, 0.15) is 23.0 Å². The van der Waals surface area contributed by atoms with E-state index in [-0.39, 0.29) is 43.0 Å². The van der Waals surface area contributed by atoms with Gasteiger partial charge < -0.3 is 20.7 Å². The second-order valence-corrected chi connectivity index (χ2v) is 8.63. The minimum atomic E-state index is -4.82. The molecule has 13 heteroatoms. The molecule has 200 valence electrons. The highest BCUT2D eigenvalue weighted by Gasteiger charge is 2.44. The van der Waals surface area contributed by atoms with Crippen LogP contribution in [-0.2, 0) is 22.3 Å². The van der Waals surface area contributed by atoms with Crippen LogP contribution in [0.25, 0.3) is 0 Å². The van der Waals surface area contributed by atoms with Crippen LogP contribution in [-0.4, -0.2) is 40.5 Å². The van der Waals surface area contributed by atoms with Crippen molar-refractivity contribution < 1.29 is 36.3 Å². The Kier molecular flexibility index (Phi) is 7.58. The standard InChI is InChI=1S/C25H22F5N5O3/c1-14-31-11-16(12-32-14)22(36)35-24(7-8-38-13-24)23(37)33-10-15-5-6-17(9-20(15)27)34-21-18(25(28,29)30)3-2-4-19(21)26/h2-6,9,11-12,34H,7-8,10,13H2,1H3,(H,33,37)(H,35,36)/t24-/m0/s1. The number of carbonyl (C=O) groups excluding carboxylic acids is 2. The van der Waals surface area contributed by atoms with E-state index in [1.165, 1.54) is 24.5 Å². The molecule has 0 bridgehead atoms. The van der Waals surface area contributed by atoms with Gasteiger partial charge in [-0.3, -0.25) is 9.59 Å². The van der Waals surface area contributed by atoms with Gasteiger partial charge in [0.25, 0.3) is 5.91 Å². The van der Waals surface area contributed by atoms with E-state index in [4.69, 9.17) is 4.74 Å². The smallest absolute Gasteiger partial charge is 0.378 e. The van der Waals surface area contributed by atoms with Crippen molar-refractivity contribution in [2.75, 3.05) is 18.5 Å². The van der Waals surface area contributed by atoms with Gasteiger partial charge in [-0.15, -0.1) is 0 Å². The lowest BCUT2D eigenvalue weighted by atomic mass is 9.96. The van der Waals surface area contributed by atoms with E-state index >= 15 is 0 Å². The normalized spacial score (nSPS) is 17.2. The summed E-state index contributed by atoms with van der Waals surface area (Å²) in [4.78, 5) is 33.6. The zero-order chi connectivity index (χ0) is 27.5. The number of hydrogen-bond acceptors (Lipinski definition) is 6. The van der Waals surface area contributed by atoms with Crippen LogP contribution in [0.4, 0.5) is 33.3 Å². The van der Waals surface area contributed by atoms with Gasteiger partial charge in [-0.05, 0) is 31.2 Å². The molecular formula is C25H22F5N5O3. The maximum absolute atomic E-state index is 14.8. The van der Waals surface area contributed by atoms with Crippen LogP contribution in [0.3, 0.4) is 0 Å². The molecule has 0 radical (unpaired) electrons. The van der Waals surface area contributed by atoms with Crippen LogP contribution in [0.2, 0.25) is 0 Å². The zero-order valence-corrected chi connectivity index (χ0v) is 20.0. The largest absolute Gasteiger partial charge is 0.418 e. The highest BCUT2D eigenvalue weighted by Crippen LogP contribution is 2.37. The van der Waals surface area contributed by atoms with Gasteiger partial charge in [0.2, 0.25) is 5.91 Å². The number of aryl methyl sites for hydroxylation is 1. The third-order valence-corrected chi connectivity index (χ3v) is 5.93. The van der Waals surface area contributed by atoms with E-state index in [1.54, 1.807) is 6.92 Å². The van der Waals surface area contributed by atoms with Crippen LogP contribution < -0.4 is 16.0 Å². The summed E-state index contributed by atoms with van der Waals surface area (Å²) in [5, 5.41) is 7.49. The number of ether oxygens (including phenoxy) is 1. The molecule has 1 atom stereocenters. The lowest BCUT2D eigenvalue weighted by molar-refractivity contribution is -0.137. The number of para-hydroxylation sites is 1. The highest BCUT2D eigenvalue weighted by atomic mass is 19.4. The Labute approximate surface area is 213 Å². The number of aromatic nitrogens is 2. The van der Waals surface area contributed by atoms with Crippen molar-refractivity contribution in [3.05, 3.63) is 82.9 Å². The Hall–Kier alpha value is -4.13. The molecule has 1 fully saturated rings. The van der Waals surface area contributed by atoms with Crippen LogP contribution >= 0.6 is 0 Å². The van der Waals surface area contributed by atoms with Crippen molar-refractivity contribution in [2.24, 2.45) is 0 Å². The van der Waals surface area contributed by atoms with E-state index in [2.05, 4.69) is 25.9 Å². The fraction of sp³-hybridized carbons (Fsp3) is 0.280. The first-order valence-corrected chi connectivity index (χ1v) is 11.4. The van der Waals surface area contributed by atoms with Crippen LogP contribution in [0.5, 0.6) is 0 Å². The Morgan fingerprint density at radius 3 is 2.45 bits per heavy atom. The topological polar surface area (TPSA) is 105 Å². The molecule has 3 aromatic rings. The molecule has 3 N–H and O–H groups in total. The first-order chi connectivity index (χ1) is 18.0. The summed E-state index contributed by atoms with van der Waals surface area (Å²) in [5.74, 6) is -2.73. The Balaban J connectivity index is 1.45. The summed E-state index contributed by atoms with van der Waals surface area (Å²) in [7, 11) is 0. The van der Waals surface area contributed by atoms with Gasteiger partial charge in [-0.2, -0.15) is 13.2 Å². The molecular weight excluding hydrogens is 513 g/mol. The van der Waals surface area contributed by atoms with E-state index in [1.807, 2.05) is 0 Å². The van der Waals surface area contributed by atoms with Crippen LogP contribution in [0.15, 0.2) is 48.8 Å². The average molecular weight is 535 g/mol. The van der Waals surface area contributed by atoms with Crippen molar-refractivity contribution in [2.45, 2.75) is 31.6 Å². The van der Waals surface area contributed by atoms with E-state index < -0.39 is 46.4 Å². The monoisotopic (exact) mass is 535 g/mol. The zero-order valence-electron chi connectivity index (χ0n) is 20.0. The molecule has 0 aliphatic carbocycles. The Morgan fingerprint density at radius 2 is 1.82 bits per heavy atom. The molecule has 1 saturated heterocycles. The van der Waals surface area contributed by atoms with Gasteiger partial charge in [0.15, 0.2) is 0 Å². The lowest BCUT2D eigenvalue weighted by Crippen LogP contribution is -2.59. The van der Waals surface area contributed by atoms with Crippen molar-refractivity contribution in [1.29, 1.82) is 0 Å². The first-order valence-electron chi connectivity index (χ1n) is 11.4. The quantitative estimate of drug-likeness (QED) is 0.395. The molecule has 1 aromatic heterocycles. The molecule has 4 rings (SSSR count). The molecule has 1 aliphatic rings. The van der Waals surface area contributed by atoms with Crippen LogP contribution in [0, 0.1) is 18.6 Å². The fourth-order valence-electron chi connectivity index (χ4n) is 3.84. The lowest BCUT2D eigenvalue weighted by Gasteiger charge is -2.27. The number of anilines is 2. The number of alkyl halides is 3. The fourth-order valence-corrected chi connectivity index (χ4v) is 3.84. The summed E-state index contributed by atoms with van der Waals surface area (Å²) < 4.78 is 73.9. The third-order valence-electron chi connectivity index (χ3n) is 5.93. The second-order valence-electron chi connectivity index (χ2n) is 8.63. The summed E-state index contributed by atoms with van der Waals surface area (Å²) in [6.45, 7) is 1.47. The van der Waals surface area contributed by atoms with Gasteiger partial charge in [0, 0.05) is 43.2 Å². The third kappa shape index (κ3) is 5.88. The van der Waals surface area contributed by atoms with Crippen molar-refractivity contribution in [3.63, 3.8) is 0 Å². The molecule has 8 nitrogen and oxygen atoms in total. The number of amides is 2. The van der Waals surface area contributed by atoms with E-state index in [0.717, 1.165) is 18.2 Å². The number of carbonyl (C=O) groups is 2. The minimum absolute atomic E-state index is 0.0146. The molecule has 38 heavy (non-hydrogen) atoms. The van der Waals surface area contributed by atoms with Gasteiger partial charge in [0.05, 0.1) is 23.4 Å². The minimum Gasteiger partial charge on any atom is -0.378 e.